The van der Waals surface area contributed by atoms with Crippen LogP contribution in [0.4, 0.5) is 0 Å². The van der Waals surface area contributed by atoms with Crippen LogP contribution in [0.2, 0.25) is 18.1 Å². The van der Waals surface area contributed by atoms with E-state index >= 15 is 0 Å². The predicted octanol–water partition coefficient (Wildman–Crippen LogP) is 7.45. The lowest BCUT2D eigenvalue weighted by Crippen LogP contribution is -2.43. The Bertz CT molecular complexity index is 1640. The lowest BCUT2D eigenvalue weighted by molar-refractivity contribution is -0.153. The topological polar surface area (TPSA) is 106 Å². The molecule has 46 heavy (non-hydrogen) atoms. The highest BCUT2D eigenvalue weighted by atomic mass is 28.4. The average Bonchev–Trinajstić information content (AvgIpc) is 3.04. The van der Waals surface area contributed by atoms with Crippen LogP contribution in [0.15, 0.2) is 85.1 Å². The van der Waals surface area contributed by atoms with Crippen LogP contribution in [0.5, 0.6) is 17.2 Å². The minimum Gasteiger partial charge on any atom is -0.543 e. The van der Waals surface area contributed by atoms with Gasteiger partial charge in [0.1, 0.15) is 23.9 Å². The number of hydrogen-bond acceptors (Lipinski definition) is 9. The Balaban J connectivity index is 1.65. The van der Waals surface area contributed by atoms with Gasteiger partial charge in [-0.25, -0.2) is 19.6 Å². The molecule has 0 bridgehead atoms. The highest BCUT2D eigenvalue weighted by Gasteiger charge is 2.39. The lowest BCUT2D eigenvalue weighted by atomic mass is 10.1. The van der Waals surface area contributed by atoms with E-state index in [4.69, 9.17) is 28.4 Å². The van der Waals surface area contributed by atoms with Crippen molar-refractivity contribution in [2.45, 2.75) is 65.0 Å². The second kappa shape index (κ2) is 15.1. The van der Waals surface area contributed by atoms with Crippen LogP contribution in [-0.4, -0.2) is 50.0 Å². The number of carbonyl (C=O) groups excluding carboxylic acids is 2. The van der Waals surface area contributed by atoms with Crippen LogP contribution in [0.25, 0.3) is 11.4 Å². The molecule has 3 aromatic carbocycles. The highest BCUT2D eigenvalue weighted by Crippen LogP contribution is 2.38. The van der Waals surface area contributed by atoms with Gasteiger partial charge in [0.05, 0.1) is 30.5 Å². The molecular weight excluding hydrogens is 600 g/mol. The fraction of sp³-hybridized carbons (Fsp3) is 0.333. The highest BCUT2D eigenvalue weighted by molar-refractivity contribution is 6.74. The molecule has 4 rings (SSSR count). The van der Waals surface area contributed by atoms with Crippen molar-refractivity contribution in [3.8, 4) is 28.6 Å². The molecule has 0 amide bonds. The van der Waals surface area contributed by atoms with Crippen LogP contribution in [0.1, 0.15) is 49.3 Å². The molecule has 1 aromatic heterocycles. The third-order valence-corrected chi connectivity index (χ3v) is 12.2. The second-order valence-corrected chi connectivity index (χ2v) is 16.9. The van der Waals surface area contributed by atoms with Crippen molar-refractivity contribution in [1.29, 1.82) is 0 Å². The van der Waals surface area contributed by atoms with Crippen molar-refractivity contribution in [1.82, 2.24) is 9.97 Å². The summed E-state index contributed by atoms with van der Waals surface area (Å²) in [6.45, 7) is 12.8. The number of methoxy groups -OCH3 is 1. The smallest absolute Gasteiger partial charge is 0.347 e. The zero-order valence-corrected chi connectivity index (χ0v) is 28.5. The van der Waals surface area contributed by atoms with Gasteiger partial charge in [0.25, 0.3) is 0 Å². The summed E-state index contributed by atoms with van der Waals surface area (Å²) in [6, 6.07) is 23.3. The molecule has 1 heterocycles. The van der Waals surface area contributed by atoms with Gasteiger partial charge >= 0.3 is 11.9 Å². The Labute approximate surface area is 272 Å². The molecule has 4 aromatic rings. The monoisotopic (exact) mass is 642 g/mol. The first-order valence-corrected chi connectivity index (χ1v) is 18.2. The number of aromatic nitrogens is 2. The Kier molecular flexibility index (Phi) is 11.2. The van der Waals surface area contributed by atoms with Crippen LogP contribution in [-0.2, 0) is 27.3 Å². The predicted molar refractivity (Wildman–Crippen MR) is 179 cm³/mol. The van der Waals surface area contributed by atoms with Crippen molar-refractivity contribution in [2.75, 3.05) is 13.7 Å². The maximum atomic E-state index is 13.1. The van der Waals surface area contributed by atoms with E-state index in [1.54, 1.807) is 62.7 Å². The number of rotatable bonds is 13. The van der Waals surface area contributed by atoms with Crippen LogP contribution >= 0.6 is 0 Å². The molecule has 1 atom stereocenters. The molecule has 242 valence electrons. The van der Waals surface area contributed by atoms with E-state index in [9.17, 15) is 9.59 Å². The maximum Gasteiger partial charge on any atom is 0.347 e. The molecule has 9 nitrogen and oxygen atoms in total. The number of hydrogen-bond donors (Lipinski definition) is 0. The lowest BCUT2D eigenvalue weighted by Gasteiger charge is -2.36. The molecule has 0 saturated carbocycles. The Morgan fingerprint density at radius 2 is 1.63 bits per heavy atom. The van der Waals surface area contributed by atoms with E-state index in [2.05, 4.69) is 38.8 Å². The molecule has 0 aliphatic rings. The molecule has 0 fully saturated rings. The number of nitrogens with zero attached hydrogens (tertiary/aromatic N) is 2. The van der Waals surface area contributed by atoms with E-state index in [-0.39, 0.29) is 24.7 Å². The van der Waals surface area contributed by atoms with E-state index in [0.717, 1.165) is 5.56 Å². The summed E-state index contributed by atoms with van der Waals surface area (Å²) in [5.74, 6) is 1.03. The molecule has 0 saturated heterocycles. The summed E-state index contributed by atoms with van der Waals surface area (Å²) in [5.41, 5.74) is 2.35. The second-order valence-electron chi connectivity index (χ2n) is 12.2. The Hall–Kier alpha value is -4.70. The minimum absolute atomic E-state index is 0.0116. The van der Waals surface area contributed by atoms with Crippen molar-refractivity contribution < 1.29 is 33.0 Å². The number of carbonyl (C=O) groups is 2. The maximum absolute atomic E-state index is 13.1. The van der Waals surface area contributed by atoms with Crippen LogP contribution < -0.4 is 13.9 Å². The van der Waals surface area contributed by atoms with Crippen LogP contribution in [0.3, 0.4) is 0 Å². The zero-order valence-electron chi connectivity index (χ0n) is 27.5. The first-order valence-electron chi connectivity index (χ1n) is 15.2. The molecule has 0 aliphatic carbocycles. The van der Waals surface area contributed by atoms with Gasteiger partial charge in [0.2, 0.25) is 14.4 Å². The number of benzene rings is 3. The van der Waals surface area contributed by atoms with E-state index in [1.807, 2.05) is 36.4 Å². The van der Waals surface area contributed by atoms with Gasteiger partial charge in [-0.05, 0) is 73.6 Å². The SMILES string of the molecule is CCOC(=O)[C@@H](Cc1cc(O[Si](C)(C)C(C)(C)C)ccc1OCc1ccnc(-c2ccccc2OC)n1)OC(=O)c1ccccc1. The van der Waals surface area contributed by atoms with Gasteiger partial charge in [0, 0.05) is 18.2 Å². The van der Waals surface area contributed by atoms with Crippen molar-refractivity contribution in [2.24, 2.45) is 0 Å². The summed E-state index contributed by atoms with van der Waals surface area (Å²) in [4.78, 5) is 35.2. The summed E-state index contributed by atoms with van der Waals surface area (Å²) in [5, 5.41) is -0.0346. The van der Waals surface area contributed by atoms with Crippen molar-refractivity contribution in [3.05, 3.63) is 102 Å². The third kappa shape index (κ3) is 8.72. The van der Waals surface area contributed by atoms with Gasteiger partial charge in [-0.2, -0.15) is 0 Å². The standard InChI is InChI=1S/C36H42N2O7Si/c1-8-42-35(40)32(44-34(39)25-14-10-9-11-15-25)23-26-22-28(45-46(6,7)36(2,3)4)18-19-30(26)43-24-27-20-21-37-33(38-27)29-16-12-13-17-31(29)41-5/h9-22,32H,8,23-24H2,1-7H3/t32-/m1/s1. The summed E-state index contributed by atoms with van der Waals surface area (Å²) < 4.78 is 29.4. The summed E-state index contributed by atoms with van der Waals surface area (Å²) >= 11 is 0. The first-order chi connectivity index (χ1) is 21.9. The largest absolute Gasteiger partial charge is 0.543 e. The van der Waals surface area contributed by atoms with E-state index < -0.39 is 26.4 Å². The molecule has 0 unspecified atom stereocenters. The average molecular weight is 643 g/mol. The fourth-order valence-corrected chi connectivity index (χ4v) is 5.36. The van der Waals surface area contributed by atoms with Gasteiger partial charge in [0.15, 0.2) is 5.82 Å². The first kappa shape index (κ1) is 34.2. The summed E-state index contributed by atoms with van der Waals surface area (Å²) in [7, 11) is -0.590. The van der Waals surface area contributed by atoms with E-state index in [0.29, 0.717) is 39.9 Å². The van der Waals surface area contributed by atoms with Gasteiger partial charge in [-0.1, -0.05) is 51.1 Å². The number of esters is 2. The summed E-state index contributed by atoms with van der Waals surface area (Å²) in [6.07, 6.45) is 0.469. The number of para-hydroxylation sites is 1. The van der Waals surface area contributed by atoms with Crippen molar-refractivity contribution >= 4 is 20.3 Å². The molecular formula is C36H42N2O7Si. The van der Waals surface area contributed by atoms with Gasteiger partial charge in [-0.3, -0.25) is 0 Å². The fourth-order valence-electron chi connectivity index (χ4n) is 4.33. The molecule has 0 aliphatic heterocycles. The third-order valence-electron chi connectivity index (χ3n) is 7.86. The molecule has 0 N–H and O–H groups in total. The minimum atomic E-state index is -2.19. The zero-order chi connectivity index (χ0) is 33.3. The van der Waals surface area contributed by atoms with Crippen LogP contribution in [0, 0.1) is 0 Å². The Morgan fingerprint density at radius 1 is 0.913 bits per heavy atom. The van der Waals surface area contributed by atoms with Gasteiger partial charge < -0.3 is 23.4 Å². The molecule has 0 radical (unpaired) electrons. The number of ether oxygens (including phenoxy) is 4. The van der Waals surface area contributed by atoms with Gasteiger partial charge in [-0.15, -0.1) is 0 Å². The molecule has 10 heteroatoms. The molecule has 0 spiro atoms. The normalized spacial score (nSPS) is 12.2. The quantitative estimate of drug-likeness (QED) is 0.109. The Morgan fingerprint density at radius 3 is 2.33 bits per heavy atom. The van der Waals surface area contributed by atoms with E-state index in [1.165, 1.54) is 0 Å². The van der Waals surface area contributed by atoms with Crippen molar-refractivity contribution in [3.63, 3.8) is 0 Å².